The largest absolute Gasteiger partial charge is 0.486 e. The molecule has 0 spiro atoms. The second kappa shape index (κ2) is 10.8. The number of thiazole rings is 1. The first kappa shape index (κ1) is 23.2. The summed E-state index contributed by atoms with van der Waals surface area (Å²) in [6, 6.07) is 14.0. The smallest absolute Gasteiger partial charge is 0.257 e. The van der Waals surface area contributed by atoms with E-state index in [4.69, 9.17) is 9.47 Å². The number of anilines is 2. The van der Waals surface area contributed by atoms with Crippen molar-refractivity contribution >= 4 is 39.9 Å². The van der Waals surface area contributed by atoms with E-state index >= 15 is 0 Å². The molecular weight excluding hydrogens is 456 g/mol. The predicted octanol–water partition coefficient (Wildman–Crippen LogP) is 3.20. The molecule has 34 heavy (non-hydrogen) atoms. The number of benzene rings is 2. The molecule has 0 fully saturated rings. The fourth-order valence-electron chi connectivity index (χ4n) is 3.34. The molecule has 0 saturated carbocycles. The highest BCUT2D eigenvalue weighted by molar-refractivity contribution is 7.14. The van der Waals surface area contributed by atoms with Crippen LogP contribution in [0.15, 0.2) is 53.9 Å². The van der Waals surface area contributed by atoms with Gasteiger partial charge >= 0.3 is 0 Å². The van der Waals surface area contributed by atoms with E-state index in [-0.39, 0.29) is 30.7 Å². The lowest BCUT2D eigenvalue weighted by molar-refractivity contribution is -0.133. The summed E-state index contributed by atoms with van der Waals surface area (Å²) in [4.78, 5) is 43.3. The summed E-state index contributed by atoms with van der Waals surface area (Å²) < 4.78 is 11.0. The SMILES string of the molecule is CCN(CC(=O)Nc1ccc2c(c1)OCCO2)C(=O)Cc1csc(NC(=O)c2ccccc2)n1. The van der Waals surface area contributed by atoms with E-state index in [1.54, 1.807) is 47.8 Å². The minimum atomic E-state index is -0.319. The minimum absolute atomic E-state index is 0.0306. The van der Waals surface area contributed by atoms with Gasteiger partial charge in [0.1, 0.15) is 13.2 Å². The van der Waals surface area contributed by atoms with Gasteiger partial charge in [-0.05, 0) is 31.2 Å². The molecule has 0 unspecified atom stereocenters. The van der Waals surface area contributed by atoms with E-state index in [9.17, 15) is 14.4 Å². The summed E-state index contributed by atoms with van der Waals surface area (Å²) in [7, 11) is 0. The average Bonchev–Trinajstić information content (AvgIpc) is 3.29. The molecule has 1 aromatic heterocycles. The van der Waals surface area contributed by atoms with Crippen LogP contribution in [0, 0.1) is 0 Å². The first-order valence-electron chi connectivity index (χ1n) is 10.8. The van der Waals surface area contributed by atoms with Crippen molar-refractivity contribution < 1.29 is 23.9 Å². The van der Waals surface area contributed by atoms with E-state index in [1.165, 1.54) is 16.2 Å². The Morgan fingerprint density at radius 3 is 2.56 bits per heavy atom. The third-order valence-electron chi connectivity index (χ3n) is 5.04. The Labute approximate surface area is 200 Å². The van der Waals surface area contributed by atoms with Gasteiger partial charge in [-0.3, -0.25) is 19.7 Å². The third kappa shape index (κ3) is 5.90. The maximum absolute atomic E-state index is 12.8. The number of carbonyl (C=O) groups excluding carboxylic acids is 3. The lowest BCUT2D eigenvalue weighted by Crippen LogP contribution is -2.38. The summed E-state index contributed by atoms with van der Waals surface area (Å²) in [5.74, 6) is 0.397. The maximum atomic E-state index is 12.8. The Morgan fingerprint density at radius 1 is 1.03 bits per heavy atom. The van der Waals surface area contributed by atoms with E-state index in [2.05, 4.69) is 15.6 Å². The van der Waals surface area contributed by atoms with Crippen molar-refractivity contribution in [2.45, 2.75) is 13.3 Å². The molecule has 10 heteroatoms. The lowest BCUT2D eigenvalue weighted by atomic mass is 10.2. The zero-order valence-corrected chi connectivity index (χ0v) is 19.4. The molecule has 0 saturated heterocycles. The number of fused-ring (bicyclic) bond motifs is 1. The molecule has 4 rings (SSSR count). The zero-order chi connectivity index (χ0) is 23.9. The van der Waals surface area contributed by atoms with Crippen molar-refractivity contribution in [2.24, 2.45) is 0 Å². The molecule has 3 amide bonds. The number of nitrogens with one attached hydrogen (secondary N) is 2. The summed E-state index contributed by atoms with van der Waals surface area (Å²) in [5, 5.41) is 7.66. The Morgan fingerprint density at radius 2 is 1.79 bits per heavy atom. The standard InChI is InChI=1S/C24H24N4O5S/c1-2-28(14-21(29)25-17-8-9-19-20(12-17)33-11-10-32-19)22(30)13-18-15-34-24(26-18)27-23(31)16-6-4-3-5-7-16/h3-9,12,15H,2,10-11,13-14H2,1H3,(H,25,29)(H,26,27,31). The van der Waals surface area contributed by atoms with E-state index in [0.717, 1.165) is 0 Å². The van der Waals surface area contributed by atoms with Gasteiger partial charge in [0.2, 0.25) is 11.8 Å². The first-order chi connectivity index (χ1) is 16.5. The second-order valence-corrected chi connectivity index (χ2v) is 8.31. The van der Waals surface area contributed by atoms with Crippen molar-refractivity contribution in [3.63, 3.8) is 0 Å². The van der Waals surface area contributed by atoms with Gasteiger partial charge in [-0.25, -0.2) is 4.98 Å². The quantitative estimate of drug-likeness (QED) is 0.512. The highest BCUT2D eigenvalue weighted by Gasteiger charge is 2.19. The van der Waals surface area contributed by atoms with Gasteiger partial charge in [0.15, 0.2) is 16.6 Å². The van der Waals surface area contributed by atoms with Gasteiger partial charge in [-0.1, -0.05) is 18.2 Å². The molecule has 2 N–H and O–H groups in total. The summed E-state index contributed by atoms with van der Waals surface area (Å²) >= 11 is 1.25. The number of ether oxygens (including phenoxy) is 2. The number of hydrogen-bond donors (Lipinski definition) is 2. The molecule has 2 heterocycles. The molecule has 1 aliphatic heterocycles. The van der Waals surface area contributed by atoms with Gasteiger partial charge in [0, 0.05) is 29.2 Å². The van der Waals surface area contributed by atoms with Crippen LogP contribution in [0.1, 0.15) is 23.0 Å². The molecule has 0 bridgehead atoms. The van der Waals surface area contributed by atoms with E-state index in [0.29, 0.717) is 53.3 Å². The van der Waals surface area contributed by atoms with Crippen LogP contribution in [0.4, 0.5) is 10.8 Å². The number of amides is 3. The molecule has 2 aromatic carbocycles. The van der Waals surface area contributed by atoms with E-state index in [1.807, 2.05) is 13.0 Å². The van der Waals surface area contributed by atoms with Crippen LogP contribution in [0.25, 0.3) is 0 Å². The Bertz CT molecular complexity index is 1180. The molecule has 9 nitrogen and oxygen atoms in total. The van der Waals surface area contributed by atoms with Gasteiger partial charge in [0.05, 0.1) is 18.7 Å². The van der Waals surface area contributed by atoms with Crippen LogP contribution >= 0.6 is 11.3 Å². The zero-order valence-electron chi connectivity index (χ0n) is 18.6. The number of rotatable bonds is 8. The molecule has 1 aliphatic rings. The highest BCUT2D eigenvalue weighted by atomic mass is 32.1. The highest BCUT2D eigenvalue weighted by Crippen LogP contribution is 2.32. The fourth-order valence-corrected chi connectivity index (χ4v) is 4.05. The number of hydrogen-bond acceptors (Lipinski definition) is 7. The summed E-state index contributed by atoms with van der Waals surface area (Å²) in [6.45, 7) is 3.03. The maximum Gasteiger partial charge on any atom is 0.257 e. The molecule has 0 radical (unpaired) electrons. The molecular formula is C24H24N4O5S. The fraction of sp³-hybridized carbons (Fsp3) is 0.250. The Balaban J connectivity index is 1.30. The van der Waals surface area contributed by atoms with Crippen molar-refractivity contribution in [3.8, 4) is 11.5 Å². The number of carbonyl (C=O) groups is 3. The van der Waals surface area contributed by atoms with Crippen LogP contribution in [-0.2, 0) is 16.0 Å². The first-order valence-corrected chi connectivity index (χ1v) is 11.7. The Hall–Kier alpha value is -3.92. The van der Waals surface area contributed by atoms with Crippen LogP contribution in [-0.4, -0.2) is 53.9 Å². The monoisotopic (exact) mass is 480 g/mol. The van der Waals surface area contributed by atoms with Crippen molar-refractivity contribution in [3.05, 3.63) is 65.2 Å². The summed E-state index contributed by atoms with van der Waals surface area (Å²) in [5.41, 5.74) is 1.62. The normalized spacial score (nSPS) is 12.0. The van der Waals surface area contributed by atoms with E-state index < -0.39 is 0 Å². The molecule has 0 atom stereocenters. The van der Waals surface area contributed by atoms with Crippen LogP contribution < -0.4 is 20.1 Å². The van der Waals surface area contributed by atoms with Crippen LogP contribution in [0.3, 0.4) is 0 Å². The third-order valence-corrected chi connectivity index (χ3v) is 5.84. The van der Waals surface area contributed by atoms with Gasteiger partial charge in [-0.15, -0.1) is 11.3 Å². The number of likely N-dealkylation sites (N-methyl/N-ethyl adjacent to an activating group) is 1. The number of aromatic nitrogens is 1. The van der Waals surface area contributed by atoms with Crippen LogP contribution in [0.2, 0.25) is 0 Å². The summed E-state index contributed by atoms with van der Waals surface area (Å²) in [6.07, 6.45) is 0.0306. The molecule has 3 aromatic rings. The second-order valence-electron chi connectivity index (χ2n) is 7.46. The van der Waals surface area contributed by atoms with Gasteiger partial charge in [-0.2, -0.15) is 0 Å². The van der Waals surface area contributed by atoms with Crippen molar-refractivity contribution in [1.29, 1.82) is 0 Å². The average molecular weight is 481 g/mol. The molecule has 176 valence electrons. The minimum Gasteiger partial charge on any atom is -0.486 e. The Kier molecular flexibility index (Phi) is 7.38. The van der Waals surface area contributed by atoms with Crippen molar-refractivity contribution in [2.75, 3.05) is 36.9 Å². The lowest BCUT2D eigenvalue weighted by Gasteiger charge is -2.21. The van der Waals surface area contributed by atoms with Crippen molar-refractivity contribution in [1.82, 2.24) is 9.88 Å². The van der Waals surface area contributed by atoms with Gasteiger partial charge in [0.25, 0.3) is 5.91 Å². The number of nitrogens with zero attached hydrogens (tertiary/aromatic N) is 2. The van der Waals surface area contributed by atoms with Crippen LogP contribution in [0.5, 0.6) is 11.5 Å². The topological polar surface area (TPSA) is 110 Å². The predicted molar refractivity (Wildman–Crippen MR) is 129 cm³/mol. The van der Waals surface area contributed by atoms with Gasteiger partial charge < -0.3 is 19.7 Å². The molecule has 0 aliphatic carbocycles.